The van der Waals surface area contributed by atoms with Crippen LogP contribution >= 0.6 is 0 Å². The number of unbranched alkanes of at least 4 members (excludes halogenated alkanes) is 6. The molecular formula is C24H42O6. The average molecular weight is 427 g/mol. The lowest BCUT2D eigenvalue weighted by molar-refractivity contribution is -0.144. The van der Waals surface area contributed by atoms with Gasteiger partial charge in [0.1, 0.15) is 0 Å². The number of rotatable bonds is 17. The molecule has 6 heteroatoms. The van der Waals surface area contributed by atoms with Crippen LogP contribution in [0.15, 0.2) is 0 Å². The van der Waals surface area contributed by atoms with Gasteiger partial charge in [-0.25, -0.2) is 0 Å². The van der Waals surface area contributed by atoms with Crippen molar-refractivity contribution in [3.8, 4) is 0 Å². The quantitative estimate of drug-likeness (QED) is 0.224. The van der Waals surface area contributed by atoms with E-state index in [1.165, 1.54) is 32.1 Å². The lowest BCUT2D eigenvalue weighted by Crippen LogP contribution is -2.27. The fraction of sp³-hybridized carbons (Fsp3) is 0.875. The third-order valence-corrected chi connectivity index (χ3v) is 6.47. The van der Waals surface area contributed by atoms with Crippen LogP contribution in [0.2, 0.25) is 0 Å². The van der Waals surface area contributed by atoms with Gasteiger partial charge >= 0.3 is 17.9 Å². The Morgan fingerprint density at radius 1 is 0.767 bits per heavy atom. The highest BCUT2D eigenvalue weighted by Crippen LogP contribution is 2.40. The van der Waals surface area contributed by atoms with Crippen LogP contribution in [0.5, 0.6) is 0 Å². The molecule has 1 aliphatic rings. The first-order valence-electron chi connectivity index (χ1n) is 12.0. The number of carboxylic acids is 2. The minimum atomic E-state index is -0.796. The van der Waals surface area contributed by atoms with Crippen molar-refractivity contribution >= 4 is 17.9 Å². The number of carbonyl (C=O) groups is 3. The van der Waals surface area contributed by atoms with Gasteiger partial charge in [0.05, 0.1) is 6.61 Å². The molecule has 0 saturated heterocycles. The highest BCUT2D eigenvalue weighted by Gasteiger charge is 2.31. The molecule has 0 radical (unpaired) electrons. The average Bonchev–Trinajstić information content (AvgIpc) is 2.71. The van der Waals surface area contributed by atoms with Gasteiger partial charge in [0.2, 0.25) is 0 Å². The van der Waals surface area contributed by atoms with Gasteiger partial charge in [-0.3, -0.25) is 14.4 Å². The number of esters is 1. The standard InChI is InChI=1S/C24H42O6/c1-2-3-4-5-6-7-8-17-30-24(29)16-13-20-11-9-19(10-14-22(25)26)18-21(20)12-15-23(27)28/h19-21H,2-18H2,1H3,(H,25,26)(H,27,28). The number of ether oxygens (including phenoxy) is 1. The van der Waals surface area contributed by atoms with Gasteiger partial charge in [-0.2, -0.15) is 0 Å². The number of hydrogen-bond acceptors (Lipinski definition) is 4. The summed E-state index contributed by atoms with van der Waals surface area (Å²) in [7, 11) is 0. The first kappa shape index (κ1) is 26.4. The van der Waals surface area contributed by atoms with Gasteiger partial charge in [0.25, 0.3) is 0 Å². The van der Waals surface area contributed by atoms with Gasteiger partial charge in [-0.05, 0) is 56.3 Å². The van der Waals surface area contributed by atoms with E-state index >= 15 is 0 Å². The van der Waals surface area contributed by atoms with Gasteiger partial charge in [-0.1, -0.05) is 51.9 Å². The Kier molecular flexibility index (Phi) is 14.2. The molecule has 1 rings (SSSR count). The van der Waals surface area contributed by atoms with Crippen LogP contribution < -0.4 is 0 Å². The molecule has 0 aromatic carbocycles. The molecule has 174 valence electrons. The molecule has 0 bridgehead atoms. The van der Waals surface area contributed by atoms with Gasteiger partial charge in [-0.15, -0.1) is 0 Å². The van der Waals surface area contributed by atoms with Crippen molar-refractivity contribution < 1.29 is 29.3 Å². The van der Waals surface area contributed by atoms with Crippen molar-refractivity contribution in [2.75, 3.05) is 6.61 Å². The summed E-state index contributed by atoms with van der Waals surface area (Å²) in [5.74, 6) is -0.786. The van der Waals surface area contributed by atoms with Gasteiger partial charge in [0.15, 0.2) is 0 Å². The minimum Gasteiger partial charge on any atom is -0.481 e. The molecule has 3 atom stereocenters. The summed E-state index contributed by atoms with van der Waals surface area (Å²) in [4.78, 5) is 33.9. The summed E-state index contributed by atoms with van der Waals surface area (Å²) in [6.07, 6.45) is 13.8. The molecule has 0 amide bonds. The number of carboxylic acid groups (broad SMARTS) is 2. The van der Waals surface area contributed by atoms with E-state index in [0.717, 1.165) is 38.5 Å². The Bertz CT molecular complexity index is 504. The SMILES string of the molecule is CCCCCCCCCOC(=O)CCC1CCC(CCC(=O)O)CC1CCC(=O)O. The predicted octanol–water partition coefficient (Wildman–Crippen LogP) is 5.82. The van der Waals surface area contributed by atoms with Crippen LogP contribution in [-0.4, -0.2) is 34.7 Å². The van der Waals surface area contributed by atoms with Crippen LogP contribution in [0, 0.1) is 17.8 Å². The summed E-state index contributed by atoms with van der Waals surface area (Å²) < 4.78 is 5.38. The third-order valence-electron chi connectivity index (χ3n) is 6.47. The summed E-state index contributed by atoms with van der Waals surface area (Å²) >= 11 is 0. The molecule has 1 aliphatic carbocycles. The van der Waals surface area contributed by atoms with Crippen molar-refractivity contribution in [1.82, 2.24) is 0 Å². The van der Waals surface area contributed by atoms with Crippen molar-refractivity contribution in [1.29, 1.82) is 0 Å². The molecule has 3 unspecified atom stereocenters. The fourth-order valence-corrected chi connectivity index (χ4v) is 4.68. The molecule has 0 spiro atoms. The number of aliphatic carboxylic acids is 2. The molecule has 0 heterocycles. The van der Waals surface area contributed by atoms with Crippen molar-refractivity contribution in [2.24, 2.45) is 17.8 Å². The van der Waals surface area contributed by atoms with E-state index in [-0.39, 0.29) is 24.7 Å². The molecule has 2 N–H and O–H groups in total. The molecular weight excluding hydrogens is 384 g/mol. The zero-order valence-electron chi connectivity index (χ0n) is 18.8. The van der Waals surface area contributed by atoms with Crippen molar-refractivity contribution in [3.05, 3.63) is 0 Å². The monoisotopic (exact) mass is 426 g/mol. The Balaban J connectivity index is 2.28. The van der Waals surface area contributed by atoms with Crippen LogP contribution in [-0.2, 0) is 19.1 Å². The maximum Gasteiger partial charge on any atom is 0.305 e. The van der Waals surface area contributed by atoms with Crippen LogP contribution in [0.3, 0.4) is 0 Å². The lowest BCUT2D eigenvalue weighted by Gasteiger charge is -2.36. The third kappa shape index (κ3) is 12.9. The van der Waals surface area contributed by atoms with Gasteiger partial charge < -0.3 is 14.9 Å². The van der Waals surface area contributed by atoms with E-state index in [0.29, 0.717) is 37.7 Å². The number of carbonyl (C=O) groups excluding carboxylic acids is 1. The molecule has 1 saturated carbocycles. The van der Waals surface area contributed by atoms with E-state index < -0.39 is 11.9 Å². The van der Waals surface area contributed by atoms with Crippen LogP contribution in [0.1, 0.15) is 110 Å². The highest BCUT2D eigenvalue weighted by molar-refractivity contribution is 5.69. The van der Waals surface area contributed by atoms with E-state index in [1.54, 1.807) is 0 Å². The lowest BCUT2D eigenvalue weighted by atomic mass is 9.69. The summed E-state index contributed by atoms with van der Waals surface area (Å²) in [6, 6.07) is 0. The summed E-state index contributed by atoms with van der Waals surface area (Å²) in [5.41, 5.74) is 0. The number of hydrogen-bond donors (Lipinski definition) is 2. The molecule has 0 aromatic rings. The van der Waals surface area contributed by atoms with E-state index in [4.69, 9.17) is 14.9 Å². The first-order valence-corrected chi connectivity index (χ1v) is 12.0. The zero-order chi connectivity index (χ0) is 22.2. The first-order chi connectivity index (χ1) is 14.4. The van der Waals surface area contributed by atoms with E-state index in [1.807, 2.05) is 0 Å². The molecule has 30 heavy (non-hydrogen) atoms. The zero-order valence-corrected chi connectivity index (χ0v) is 18.8. The highest BCUT2D eigenvalue weighted by atomic mass is 16.5. The van der Waals surface area contributed by atoms with Crippen molar-refractivity contribution in [3.63, 3.8) is 0 Å². The van der Waals surface area contributed by atoms with Crippen molar-refractivity contribution in [2.45, 2.75) is 110 Å². The molecule has 6 nitrogen and oxygen atoms in total. The minimum absolute atomic E-state index is 0.134. The summed E-state index contributed by atoms with van der Waals surface area (Å²) in [6.45, 7) is 2.70. The molecule has 0 aromatic heterocycles. The second-order valence-corrected chi connectivity index (χ2v) is 8.94. The largest absolute Gasteiger partial charge is 0.481 e. The Morgan fingerprint density at radius 3 is 2.03 bits per heavy atom. The molecule has 0 aliphatic heterocycles. The Morgan fingerprint density at radius 2 is 1.37 bits per heavy atom. The second kappa shape index (κ2) is 16.1. The second-order valence-electron chi connectivity index (χ2n) is 8.94. The van der Waals surface area contributed by atoms with Crippen LogP contribution in [0.25, 0.3) is 0 Å². The summed E-state index contributed by atoms with van der Waals surface area (Å²) in [5, 5.41) is 17.9. The normalized spacial score (nSPS) is 21.3. The van der Waals surface area contributed by atoms with E-state index in [2.05, 4.69) is 6.92 Å². The molecule has 1 fully saturated rings. The Hall–Kier alpha value is -1.59. The maximum absolute atomic E-state index is 12.1. The smallest absolute Gasteiger partial charge is 0.305 e. The predicted molar refractivity (Wildman–Crippen MR) is 116 cm³/mol. The maximum atomic E-state index is 12.1. The van der Waals surface area contributed by atoms with Gasteiger partial charge in [0, 0.05) is 19.3 Å². The topological polar surface area (TPSA) is 101 Å². The Labute approximate surface area is 181 Å². The fourth-order valence-electron chi connectivity index (χ4n) is 4.68. The van der Waals surface area contributed by atoms with Crippen LogP contribution in [0.4, 0.5) is 0 Å². The van der Waals surface area contributed by atoms with E-state index in [9.17, 15) is 14.4 Å².